The number of benzene rings is 1. The Balaban J connectivity index is 1.98. The van der Waals surface area contributed by atoms with Crippen LogP contribution in [0, 0.1) is 6.92 Å². The van der Waals surface area contributed by atoms with Gasteiger partial charge in [0, 0.05) is 12.6 Å². The molecule has 0 atom stereocenters. The maximum Gasteiger partial charge on any atom is 0.220 e. The first-order valence-corrected chi connectivity index (χ1v) is 6.46. The predicted octanol–water partition coefficient (Wildman–Crippen LogP) is 2.57. The van der Waals surface area contributed by atoms with E-state index in [1.807, 2.05) is 25.1 Å². The monoisotopic (exact) mass is 256 g/mol. The zero-order valence-electron chi connectivity index (χ0n) is 9.92. The predicted molar refractivity (Wildman–Crippen MR) is 73.6 cm³/mol. The van der Waals surface area contributed by atoms with Gasteiger partial charge in [-0.2, -0.15) is 0 Å². The Morgan fingerprint density at radius 3 is 2.89 bits per heavy atom. The van der Waals surface area contributed by atoms with Crippen molar-refractivity contribution >= 4 is 27.5 Å². The van der Waals surface area contributed by atoms with Crippen molar-refractivity contribution in [3.63, 3.8) is 0 Å². The number of hydrogen-bond acceptors (Lipinski definition) is 5. The normalized spacial score (nSPS) is 10.9. The topological polar surface area (TPSA) is 64.7 Å². The summed E-state index contributed by atoms with van der Waals surface area (Å²) < 4.78 is 1.20. The van der Waals surface area contributed by atoms with Crippen LogP contribution < -0.4 is 5.73 Å². The highest BCUT2D eigenvalue weighted by atomic mass is 32.1. The molecule has 90 valence electrons. The summed E-state index contributed by atoms with van der Waals surface area (Å²) in [7, 11) is 0. The first-order chi connectivity index (χ1) is 8.72. The second-order valence-corrected chi connectivity index (χ2v) is 5.23. The number of para-hydroxylation sites is 1. The van der Waals surface area contributed by atoms with E-state index in [-0.39, 0.29) is 0 Å². The van der Waals surface area contributed by atoms with Crippen molar-refractivity contribution in [2.24, 2.45) is 0 Å². The van der Waals surface area contributed by atoms with Gasteiger partial charge in [-0.25, -0.2) is 15.0 Å². The molecule has 0 unspecified atom stereocenters. The SMILES string of the molecule is Cc1cnc(N)nc1Cc1nc2ccccc2s1. The number of nitrogens with two attached hydrogens (primary N) is 1. The number of nitrogen functional groups attached to an aromatic ring is 1. The molecule has 3 rings (SSSR count). The van der Waals surface area contributed by atoms with Gasteiger partial charge in [0.1, 0.15) is 0 Å². The number of rotatable bonds is 2. The van der Waals surface area contributed by atoms with Gasteiger partial charge in [0.05, 0.1) is 20.9 Å². The summed E-state index contributed by atoms with van der Waals surface area (Å²) in [5.74, 6) is 0.316. The minimum atomic E-state index is 0.316. The molecule has 4 nitrogen and oxygen atoms in total. The molecule has 0 radical (unpaired) electrons. The quantitative estimate of drug-likeness (QED) is 0.765. The summed E-state index contributed by atoms with van der Waals surface area (Å²) in [5, 5.41) is 1.05. The van der Waals surface area contributed by atoms with Gasteiger partial charge in [0.25, 0.3) is 0 Å². The number of nitrogens with zero attached hydrogens (tertiary/aromatic N) is 3. The summed E-state index contributed by atoms with van der Waals surface area (Å²) in [6.07, 6.45) is 2.46. The molecule has 2 aromatic heterocycles. The molecule has 0 saturated heterocycles. The second-order valence-electron chi connectivity index (χ2n) is 4.11. The highest BCUT2D eigenvalue weighted by molar-refractivity contribution is 7.18. The zero-order valence-corrected chi connectivity index (χ0v) is 10.7. The fraction of sp³-hybridized carbons (Fsp3) is 0.154. The van der Waals surface area contributed by atoms with E-state index in [4.69, 9.17) is 5.73 Å². The van der Waals surface area contributed by atoms with Gasteiger partial charge in [0.15, 0.2) is 0 Å². The van der Waals surface area contributed by atoms with Gasteiger partial charge in [-0.1, -0.05) is 12.1 Å². The average molecular weight is 256 g/mol. The minimum Gasteiger partial charge on any atom is -0.368 e. The van der Waals surface area contributed by atoms with Crippen LogP contribution in [0.4, 0.5) is 5.95 Å². The van der Waals surface area contributed by atoms with Crippen molar-refractivity contribution in [2.45, 2.75) is 13.3 Å². The maximum absolute atomic E-state index is 5.62. The molecule has 0 amide bonds. The average Bonchev–Trinajstić information content (AvgIpc) is 2.76. The van der Waals surface area contributed by atoms with Crippen molar-refractivity contribution in [2.75, 3.05) is 5.73 Å². The Kier molecular flexibility index (Phi) is 2.68. The lowest BCUT2D eigenvalue weighted by Crippen LogP contribution is -2.02. The third kappa shape index (κ3) is 2.04. The molecule has 0 aliphatic rings. The molecule has 3 aromatic rings. The van der Waals surface area contributed by atoms with Crippen molar-refractivity contribution in [1.82, 2.24) is 15.0 Å². The molecule has 0 aliphatic carbocycles. The summed E-state index contributed by atoms with van der Waals surface area (Å²) in [5.41, 5.74) is 8.65. The summed E-state index contributed by atoms with van der Waals surface area (Å²) >= 11 is 1.69. The van der Waals surface area contributed by atoms with Gasteiger partial charge >= 0.3 is 0 Å². The number of hydrogen-bond donors (Lipinski definition) is 1. The van der Waals surface area contributed by atoms with Gasteiger partial charge in [-0.3, -0.25) is 0 Å². The molecule has 2 heterocycles. The van der Waals surface area contributed by atoms with Crippen LogP contribution in [0.5, 0.6) is 0 Å². The Bertz CT molecular complexity index is 672. The molecule has 0 aliphatic heterocycles. The summed E-state index contributed by atoms with van der Waals surface area (Å²) in [4.78, 5) is 12.8. The van der Waals surface area contributed by atoms with E-state index in [1.165, 1.54) is 4.70 Å². The lowest BCUT2D eigenvalue weighted by atomic mass is 10.2. The molecule has 5 heteroatoms. The van der Waals surface area contributed by atoms with Crippen LogP contribution in [0.15, 0.2) is 30.5 Å². The number of anilines is 1. The molecule has 0 fully saturated rings. The lowest BCUT2D eigenvalue weighted by molar-refractivity contribution is 0.999. The van der Waals surface area contributed by atoms with Gasteiger partial charge < -0.3 is 5.73 Å². The molecule has 0 spiro atoms. The highest BCUT2D eigenvalue weighted by Gasteiger charge is 2.08. The fourth-order valence-electron chi connectivity index (χ4n) is 1.81. The Labute approximate surface area is 109 Å². The Hall–Kier alpha value is -2.01. The van der Waals surface area contributed by atoms with E-state index < -0.39 is 0 Å². The smallest absolute Gasteiger partial charge is 0.220 e. The highest BCUT2D eigenvalue weighted by Crippen LogP contribution is 2.23. The maximum atomic E-state index is 5.62. The van der Waals surface area contributed by atoms with Crippen LogP contribution in [0.25, 0.3) is 10.2 Å². The van der Waals surface area contributed by atoms with Crippen LogP contribution in [0.2, 0.25) is 0 Å². The second kappa shape index (κ2) is 4.34. The van der Waals surface area contributed by atoms with E-state index >= 15 is 0 Å². The van der Waals surface area contributed by atoms with Crippen molar-refractivity contribution < 1.29 is 0 Å². The first kappa shape index (κ1) is 11.1. The van der Waals surface area contributed by atoms with Crippen LogP contribution in [0.3, 0.4) is 0 Å². The number of thiazole rings is 1. The van der Waals surface area contributed by atoms with Gasteiger partial charge in [0.2, 0.25) is 5.95 Å². The Morgan fingerprint density at radius 2 is 2.06 bits per heavy atom. The van der Waals surface area contributed by atoms with E-state index in [0.717, 1.165) is 21.8 Å². The molecule has 1 aromatic carbocycles. The van der Waals surface area contributed by atoms with E-state index in [9.17, 15) is 0 Å². The molecular formula is C13H12N4S. The third-order valence-corrected chi connectivity index (χ3v) is 3.79. The molecule has 0 bridgehead atoms. The third-order valence-electron chi connectivity index (χ3n) is 2.75. The zero-order chi connectivity index (χ0) is 12.5. The van der Waals surface area contributed by atoms with Gasteiger partial charge in [-0.15, -0.1) is 11.3 Å². The van der Waals surface area contributed by atoms with E-state index in [0.29, 0.717) is 12.4 Å². The molecular weight excluding hydrogens is 244 g/mol. The minimum absolute atomic E-state index is 0.316. The van der Waals surface area contributed by atoms with E-state index in [1.54, 1.807) is 17.5 Å². The summed E-state index contributed by atoms with van der Waals surface area (Å²) in [6.45, 7) is 1.99. The molecule has 0 saturated carbocycles. The molecule has 18 heavy (non-hydrogen) atoms. The number of aryl methyl sites for hydroxylation is 1. The van der Waals surface area contributed by atoms with Crippen molar-refractivity contribution in [3.8, 4) is 0 Å². The number of fused-ring (bicyclic) bond motifs is 1. The number of aromatic nitrogens is 3. The van der Waals surface area contributed by atoms with Crippen LogP contribution >= 0.6 is 11.3 Å². The van der Waals surface area contributed by atoms with Crippen LogP contribution in [-0.2, 0) is 6.42 Å². The Morgan fingerprint density at radius 1 is 1.22 bits per heavy atom. The van der Waals surface area contributed by atoms with Crippen LogP contribution in [0.1, 0.15) is 16.3 Å². The van der Waals surface area contributed by atoms with Crippen LogP contribution in [-0.4, -0.2) is 15.0 Å². The molecule has 2 N–H and O–H groups in total. The van der Waals surface area contributed by atoms with E-state index in [2.05, 4.69) is 21.0 Å². The van der Waals surface area contributed by atoms with Crippen molar-refractivity contribution in [1.29, 1.82) is 0 Å². The summed E-state index contributed by atoms with van der Waals surface area (Å²) in [6, 6.07) is 8.13. The van der Waals surface area contributed by atoms with Crippen molar-refractivity contribution in [3.05, 3.63) is 46.7 Å². The fourth-order valence-corrected chi connectivity index (χ4v) is 2.78. The van der Waals surface area contributed by atoms with Gasteiger partial charge in [-0.05, 0) is 24.6 Å². The largest absolute Gasteiger partial charge is 0.368 e. The standard InChI is InChI=1S/C13H12N4S/c1-8-7-15-13(14)17-10(8)6-12-16-9-4-2-3-5-11(9)18-12/h2-5,7H,6H2,1H3,(H2,14,15,17). The lowest BCUT2D eigenvalue weighted by Gasteiger charge is -2.02. The first-order valence-electron chi connectivity index (χ1n) is 5.65.